The van der Waals surface area contributed by atoms with E-state index in [1.54, 1.807) is 30.3 Å². The van der Waals surface area contributed by atoms with Crippen molar-refractivity contribution in [2.45, 2.75) is 18.9 Å². The van der Waals surface area contributed by atoms with E-state index in [4.69, 9.17) is 10.3 Å². The van der Waals surface area contributed by atoms with Crippen LogP contribution in [-0.2, 0) is 9.53 Å². The molecular formula is C14H17NO5. The van der Waals surface area contributed by atoms with Crippen LogP contribution in [-0.4, -0.2) is 39.9 Å². The van der Waals surface area contributed by atoms with E-state index < -0.39 is 18.0 Å². The van der Waals surface area contributed by atoms with Gasteiger partial charge in [-0.25, -0.2) is 9.59 Å². The van der Waals surface area contributed by atoms with Crippen LogP contribution in [0.2, 0.25) is 0 Å². The predicted molar refractivity (Wildman–Crippen MR) is 71.2 cm³/mol. The van der Waals surface area contributed by atoms with Crippen molar-refractivity contribution in [2.24, 2.45) is 0 Å². The number of hydrogen-bond donors (Lipinski definition) is 2. The van der Waals surface area contributed by atoms with Crippen LogP contribution in [0.4, 0.5) is 0 Å². The molecule has 1 atom stereocenters. The molecule has 0 bridgehead atoms. The largest absolute Gasteiger partial charge is 0.478 e. The third-order valence-corrected chi connectivity index (χ3v) is 2.72. The Hall–Kier alpha value is -2.18. The van der Waals surface area contributed by atoms with Crippen molar-refractivity contribution in [3.05, 3.63) is 48.7 Å². The van der Waals surface area contributed by atoms with Crippen molar-refractivity contribution < 1.29 is 24.6 Å². The number of carboxylic acid groups (broad SMARTS) is 1. The number of benzene rings is 1. The molecule has 1 unspecified atom stereocenters. The molecule has 1 aliphatic rings. The van der Waals surface area contributed by atoms with Gasteiger partial charge in [0.1, 0.15) is 6.04 Å². The highest BCUT2D eigenvalue weighted by Crippen LogP contribution is 2.15. The number of carboxylic acids is 1. The van der Waals surface area contributed by atoms with E-state index in [2.05, 4.69) is 11.3 Å². The van der Waals surface area contributed by atoms with E-state index >= 15 is 0 Å². The molecule has 0 radical (unpaired) electrons. The number of rotatable bonds is 3. The molecule has 0 aliphatic carbocycles. The van der Waals surface area contributed by atoms with Gasteiger partial charge in [-0.05, 0) is 25.0 Å². The third-order valence-electron chi connectivity index (χ3n) is 2.72. The van der Waals surface area contributed by atoms with Gasteiger partial charge >= 0.3 is 11.9 Å². The summed E-state index contributed by atoms with van der Waals surface area (Å²) in [6.07, 6.45) is 2.56. The van der Waals surface area contributed by atoms with E-state index in [0.29, 0.717) is 18.5 Å². The first-order valence-corrected chi connectivity index (χ1v) is 6.11. The highest BCUT2D eigenvalue weighted by atomic mass is 16.5. The van der Waals surface area contributed by atoms with Crippen LogP contribution in [0.15, 0.2) is 43.2 Å². The Morgan fingerprint density at radius 1 is 1.35 bits per heavy atom. The molecule has 2 rings (SSSR count). The SMILES string of the molecule is C=COC(=O)C1CCCN1O.O=C(O)c1ccccc1. The highest BCUT2D eigenvalue weighted by Gasteiger charge is 2.30. The molecule has 2 N–H and O–H groups in total. The minimum absolute atomic E-state index is 0.331. The molecule has 6 heteroatoms. The molecule has 0 spiro atoms. The van der Waals surface area contributed by atoms with Crippen LogP contribution in [0.3, 0.4) is 0 Å². The van der Waals surface area contributed by atoms with Crippen molar-refractivity contribution in [1.29, 1.82) is 0 Å². The summed E-state index contributed by atoms with van der Waals surface area (Å²) in [5.74, 6) is -1.31. The maximum absolute atomic E-state index is 11.0. The van der Waals surface area contributed by atoms with Crippen LogP contribution >= 0.6 is 0 Å². The van der Waals surface area contributed by atoms with Gasteiger partial charge in [0.25, 0.3) is 0 Å². The lowest BCUT2D eigenvalue weighted by atomic mass is 10.2. The first-order valence-electron chi connectivity index (χ1n) is 6.11. The number of nitrogens with zero attached hydrogens (tertiary/aromatic N) is 1. The highest BCUT2D eigenvalue weighted by molar-refractivity contribution is 5.87. The summed E-state index contributed by atoms with van der Waals surface area (Å²) in [5.41, 5.74) is 0.331. The summed E-state index contributed by atoms with van der Waals surface area (Å²) >= 11 is 0. The Balaban J connectivity index is 0.000000204. The van der Waals surface area contributed by atoms with Gasteiger partial charge in [0.2, 0.25) is 0 Å². The molecular weight excluding hydrogens is 262 g/mol. The number of aromatic carboxylic acids is 1. The Labute approximate surface area is 116 Å². The predicted octanol–water partition coefficient (Wildman–Crippen LogP) is 1.91. The lowest BCUT2D eigenvalue weighted by Crippen LogP contribution is -2.33. The molecule has 108 valence electrons. The smallest absolute Gasteiger partial charge is 0.335 e. The summed E-state index contributed by atoms with van der Waals surface area (Å²) in [5, 5.41) is 18.5. The molecule has 1 aromatic carbocycles. The van der Waals surface area contributed by atoms with E-state index in [0.717, 1.165) is 17.7 Å². The first kappa shape index (κ1) is 15.9. The van der Waals surface area contributed by atoms with Gasteiger partial charge in [0, 0.05) is 6.54 Å². The lowest BCUT2D eigenvalue weighted by Gasteiger charge is -2.13. The second kappa shape index (κ2) is 8.08. The van der Waals surface area contributed by atoms with Crippen molar-refractivity contribution in [1.82, 2.24) is 5.06 Å². The third kappa shape index (κ3) is 4.83. The van der Waals surface area contributed by atoms with Crippen molar-refractivity contribution in [3.8, 4) is 0 Å². The normalized spacial score (nSPS) is 17.8. The van der Waals surface area contributed by atoms with Gasteiger partial charge in [-0.3, -0.25) is 0 Å². The summed E-state index contributed by atoms with van der Waals surface area (Å²) in [4.78, 5) is 21.2. The molecule has 0 saturated carbocycles. The second-order valence-corrected chi connectivity index (χ2v) is 4.10. The Morgan fingerprint density at radius 2 is 2.00 bits per heavy atom. The quantitative estimate of drug-likeness (QED) is 0.649. The summed E-state index contributed by atoms with van der Waals surface area (Å²) in [6, 6.07) is 7.80. The van der Waals surface area contributed by atoms with Crippen molar-refractivity contribution in [2.75, 3.05) is 6.54 Å². The molecule has 1 aliphatic heterocycles. The second-order valence-electron chi connectivity index (χ2n) is 4.10. The number of ether oxygens (including phenoxy) is 1. The first-order chi connectivity index (χ1) is 9.56. The maximum Gasteiger partial charge on any atom is 0.335 e. The number of esters is 1. The van der Waals surface area contributed by atoms with Crippen LogP contribution in [0.5, 0.6) is 0 Å². The zero-order chi connectivity index (χ0) is 15.0. The zero-order valence-corrected chi connectivity index (χ0v) is 10.9. The molecule has 1 saturated heterocycles. The van der Waals surface area contributed by atoms with E-state index in [9.17, 15) is 9.59 Å². The van der Waals surface area contributed by atoms with Gasteiger partial charge in [0.15, 0.2) is 0 Å². The number of carbonyl (C=O) groups is 2. The van der Waals surface area contributed by atoms with Crippen LogP contribution < -0.4 is 0 Å². The average molecular weight is 279 g/mol. The topological polar surface area (TPSA) is 87.1 Å². The Kier molecular flexibility index (Phi) is 6.42. The molecule has 1 heterocycles. The molecule has 6 nitrogen and oxygen atoms in total. The summed E-state index contributed by atoms with van der Waals surface area (Å²) in [7, 11) is 0. The van der Waals surface area contributed by atoms with Gasteiger partial charge < -0.3 is 15.1 Å². The Bertz CT molecular complexity index is 460. The zero-order valence-electron chi connectivity index (χ0n) is 10.9. The summed E-state index contributed by atoms with van der Waals surface area (Å²) in [6.45, 7) is 3.79. The monoisotopic (exact) mass is 279 g/mol. The fraction of sp³-hybridized carbons (Fsp3) is 0.286. The van der Waals surface area contributed by atoms with Crippen LogP contribution in [0.1, 0.15) is 23.2 Å². The Morgan fingerprint density at radius 3 is 2.40 bits per heavy atom. The number of carbonyl (C=O) groups excluding carboxylic acids is 1. The van der Waals surface area contributed by atoms with E-state index in [1.165, 1.54) is 0 Å². The molecule has 0 amide bonds. The van der Waals surface area contributed by atoms with Gasteiger partial charge in [-0.1, -0.05) is 24.8 Å². The minimum atomic E-state index is -0.879. The number of hydroxylamine groups is 2. The van der Waals surface area contributed by atoms with E-state index in [1.807, 2.05) is 0 Å². The van der Waals surface area contributed by atoms with Gasteiger partial charge in [0.05, 0.1) is 11.8 Å². The summed E-state index contributed by atoms with van der Waals surface area (Å²) < 4.78 is 4.52. The van der Waals surface area contributed by atoms with Crippen LogP contribution in [0.25, 0.3) is 0 Å². The van der Waals surface area contributed by atoms with Gasteiger partial charge in [-0.2, -0.15) is 5.06 Å². The maximum atomic E-state index is 11.0. The standard InChI is InChI=1S/C7H11NO3.C7H6O2/c1-2-11-7(9)6-4-3-5-8(6)10;8-7(9)6-4-2-1-3-5-6/h2,6,10H,1,3-5H2;1-5H,(H,8,9). The molecule has 20 heavy (non-hydrogen) atoms. The van der Waals surface area contributed by atoms with E-state index in [-0.39, 0.29) is 0 Å². The fourth-order valence-electron chi connectivity index (χ4n) is 1.73. The lowest BCUT2D eigenvalue weighted by molar-refractivity contribution is -0.161. The average Bonchev–Trinajstić information content (AvgIpc) is 2.87. The fourth-order valence-corrected chi connectivity index (χ4v) is 1.73. The van der Waals surface area contributed by atoms with Crippen LogP contribution in [0, 0.1) is 0 Å². The molecule has 1 fully saturated rings. The van der Waals surface area contributed by atoms with Crippen molar-refractivity contribution in [3.63, 3.8) is 0 Å². The molecule has 1 aromatic rings. The van der Waals surface area contributed by atoms with Gasteiger partial charge in [-0.15, -0.1) is 0 Å². The van der Waals surface area contributed by atoms with Crippen molar-refractivity contribution >= 4 is 11.9 Å². The minimum Gasteiger partial charge on any atom is -0.478 e. The molecule has 0 aromatic heterocycles. The number of hydrogen-bond acceptors (Lipinski definition) is 5.